The third-order valence-corrected chi connectivity index (χ3v) is 2.73. The molecule has 15 heavy (non-hydrogen) atoms. The lowest BCUT2D eigenvalue weighted by Crippen LogP contribution is -2.10. The second kappa shape index (κ2) is 5.02. The Kier molecular flexibility index (Phi) is 4.21. The lowest BCUT2D eigenvalue weighted by Gasteiger charge is -2.08. The first-order valence-electron chi connectivity index (χ1n) is 3.74. The number of halogens is 4. The van der Waals surface area contributed by atoms with E-state index < -0.39 is 23.7 Å². The largest absolute Gasteiger partial charge is 0.478 e. The summed E-state index contributed by atoms with van der Waals surface area (Å²) in [6.07, 6.45) is -2.92. The highest BCUT2D eigenvalue weighted by molar-refractivity contribution is 14.1. The fourth-order valence-electron chi connectivity index (χ4n) is 1.02. The number of hydrogen-bond donors (Lipinski definition) is 1. The highest BCUT2D eigenvalue weighted by Gasteiger charge is 2.23. The van der Waals surface area contributed by atoms with Gasteiger partial charge in [0.2, 0.25) is 0 Å². The minimum absolute atomic E-state index is 0.0321. The predicted octanol–water partition coefficient (Wildman–Crippen LogP) is 3.06. The number of carboxylic acids is 1. The van der Waals surface area contributed by atoms with E-state index in [1.165, 1.54) is 6.07 Å². The van der Waals surface area contributed by atoms with E-state index in [1.807, 2.05) is 0 Å². The lowest BCUT2D eigenvalue weighted by atomic mass is 10.2. The van der Waals surface area contributed by atoms with Crippen LogP contribution in [0.15, 0.2) is 6.07 Å². The van der Waals surface area contributed by atoms with Crippen molar-refractivity contribution in [1.82, 2.24) is 4.98 Å². The molecule has 1 aromatic heterocycles. The van der Waals surface area contributed by atoms with Crippen molar-refractivity contribution >= 4 is 40.2 Å². The van der Waals surface area contributed by atoms with Gasteiger partial charge in [-0.2, -0.15) is 0 Å². The Labute approximate surface area is 103 Å². The first-order valence-corrected chi connectivity index (χ1v) is 5.35. The van der Waals surface area contributed by atoms with Crippen LogP contribution < -0.4 is 0 Å². The summed E-state index contributed by atoms with van der Waals surface area (Å²) in [5, 5.41) is 8.75. The quantitative estimate of drug-likeness (QED) is 0.675. The average Bonchev–Trinajstić information content (AvgIpc) is 2.15. The molecular weight excluding hydrogens is 342 g/mol. The van der Waals surface area contributed by atoms with E-state index >= 15 is 0 Å². The molecule has 7 heteroatoms. The fraction of sp³-hybridized carbons (Fsp3) is 0.250. The van der Waals surface area contributed by atoms with Gasteiger partial charge in [-0.25, -0.2) is 18.6 Å². The summed E-state index contributed by atoms with van der Waals surface area (Å²) >= 11 is 7.12. The highest BCUT2D eigenvalue weighted by Crippen LogP contribution is 2.26. The molecule has 0 aliphatic heterocycles. The summed E-state index contributed by atoms with van der Waals surface area (Å²) in [6, 6.07) is 1.38. The SMILES string of the molecule is O=C(O)c1c(I)cc(CCl)nc1C(F)F. The second-order valence-electron chi connectivity index (χ2n) is 2.60. The van der Waals surface area contributed by atoms with Gasteiger partial charge in [-0.1, -0.05) is 0 Å². The molecule has 0 amide bonds. The van der Waals surface area contributed by atoms with Gasteiger partial charge in [-0.15, -0.1) is 11.6 Å². The van der Waals surface area contributed by atoms with E-state index in [4.69, 9.17) is 16.7 Å². The van der Waals surface area contributed by atoms with Crippen LogP contribution in [-0.2, 0) is 5.88 Å². The third-order valence-electron chi connectivity index (χ3n) is 1.61. The summed E-state index contributed by atoms with van der Waals surface area (Å²) in [4.78, 5) is 14.2. The first kappa shape index (κ1) is 12.6. The number of nitrogens with zero attached hydrogens (tertiary/aromatic N) is 1. The van der Waals surface area contributed by atoms with E-state index in [-0.39, 0.29) is 15.1 Å². The molecule has 1 aromatic rings. The highest BCUT2D eigenvalue weighted by atomic mass is 127. The molecule has 82 valence electrons. The zero-order valence-corrected chi connectivity index (χ0v) is 10.1. The zero-order chi connectivity index (χ0) is 11.6. The molecule has 1 rings (SSSR count). The standard InChI is InChI=1S/C8H5ClF2INO2/c9-2-3-1-4(12)5(8(14)15)6(13-3)7(10)11/h1,7H,2H2,(H,14,15). The number of aromatic nitrogens is 1. The Morgan fingerprint density at radius 3 is 2.67 bits per heavy atom. The van der Waals surface area contributed by atoms with Crippen LogP contribution in [-0.4, -0.2) is 16.1 Å². The monoisotopic (exact) mass is 347 g/mol. The molecule has 0 spiro atoms. The van der Waals surface area contributed by atoms with Crippen LogP contribution in [0.1, 0.15) is 28.2 Å². The average molecular weight is 347 g/mol. The van der Waals surface area contributed by atoms with Gasteiger partial charge in [0.25, 0.3) is 6.43 Å². The van der Waals surface area contributed by atoms with Gasteiger partial charge < -0.3 is 5.11 Å². The van der Waals surface area contributed by atoms with E-state index in [1.54, 1.807) is 22.6 Å². The summed E-state index contributed by atoms with van der Waals surface area (Å²) < 4.78 is 25.2. The normalized spacial score (nSPS) is 10.7. The molecule has 0 saturated carbocycles. The summed E-state index contributed by atoms with van der Waals surface area (Å²) in [7, 11) is 0. The number of alkyl halides is 3. The minimum Gasteiger partial charge on any atom is -0.478 e. The van der Waals surface area contributed by atoms with Crippen molar-refractivity contribution in [3.8, 4) is 0 Å². The zero-order valence-electron chi connectivity index (χ0n) is 7.18. The van der Waals surface area contributed by atoms with Gasteiger partial charge in [0.1, 0.15) is 11.3 Å². The molecule has 0 saturated heterocycles. The molecule has 3 nitrogen and oxygen atoms in total. The summed E-state index contributed by atoms with van der Waals surface area (Å²) in [5.74, 6) is -1.45. The third kappa shape index (κ3) is 2.75. The topological polar surface area (TPSA) is 50.2 Å². The van der Waals surface area contributed by atoms with Crippen LogP contribution in [0, 0.1) is 3.57 Å². The molecular formula is C8H5ClF2INO2. The number of carbonyl (C=O) groups is 1. The van der Waals surface area contributed by atoms with Gasteiger partial charge in [0.15, 0.2) is 0 Å². The molecule has 0 unspecified atom stereocenters. The Morgan fingerprint density at radius 1 is 1.67 bits per heavy atom. The van der Waals surface area contributed by atoms with Crippen molar-refractivity contribution in [2.24, 2.45) is 0 Å². The second-order valence-corrected chi connectivity index (χ2v) is 4.02. The maximum Gasteiger partial charge on any atom is 0.338 e. The van der Waals surface area contributed by atoms with Crippen molar-refractivity contribution in [2.75, 3.05) is 0 Å². The van der Waals surface area contributed by atoms with Crippen LogP contribution in [0.2, 0.25) is 0 Å². The van der Waals surface area contributed by atoms with Crippen molar-refractivity contribution in [2.45, 2.75) is 12.3 Å². The van der Waals surface area contributed by atoms with Crippen LogP contribution in [0.5, 0.6) is 0 Å². The summed E-state index contributed by atoms with van der Waals surface area (Å²) in [5.41, 5.74) is -0.953. The minimum atomic E-state index is -2.92. The van der Waals surface area contributed by atoms with Crippen molar-refractivity contribution < 1.29 is 18.7 Å². The maximum atomic E-state index is 12.5. The summed E-state index contributed by atoms with van der Waals surface area (Å²) in [6.45, 7) is 0. The molecule has 0 aliphatic carbocycles. The van der Waals surface area contributed by atoms with Crippen LogP contribution in [0.4, 0.5) is 8.78 Å². The van der Waals surface area contributed by atoms with Gasteiger partial charge >= 0.3 is 5.97 Å². The number of aromatic carboxylic acids is 1. The van der Waals surface area contributed by atoms with Gasteiger partial charge in [0.05, 0.1) is 11.6 Å². The predicted molar refractivity (Wildman–Crippen MR) is 58.4 cm³/mol. The molecule has 0 aliphatic rings. The molecule has 1 N–H and O–H groups in total. The van der Waals surface area contributed by atoms with E-state index in [0.717, 1.165) is 0 Å². The van der Waals surface area contributed by atoms with Crippen molar-refractivity contribution in [3.63, 3.8) is 0 Å². The first-order chi connectivity index (χ1) is 6.97. The molecule has 0 bridgehead atoms. The number of pyridine rings is 1. The smallest absolute Gasteiger partial charge is 0.338 e. The molecule has 0 radical (unpaired) electrons. The van der Waals surface area contributed by atoms with Crippen LogP contribution in [0.3, 0.4) is 0 Å². The maximum absolute atomic E-state index is 12.5. The fourth-order valence-corrected chi connectivity index (χ4v) is 2.03. The van der Waals surface area contributed by atoms with Crippen molar-refractivity contribution in [1.29, 1.82) is 0 Å². The Balaban J connectivity index is 3.42. The van der Waals surface area contributed by atoms with Gasteiger partial charge in [-0.05, 0) is 28.7 Å². The number of hydrogen-bond acceptors (Lipinski definition) is 2. The Bertz CT molecular complexity index is 400. The van der Waals surface area contributed by atoms with Crippen LogP contribution >= 0.6 is 34.2 Å². The van der Waals surface area contributed by atoms with Crippen LogP contribution in [0.25, 0.3) is 0 Å². The molecule has 0 fully saturated rings. The molecule has 0 atom stereocenters. The lowest BCUT2D eigenvalue weighted by molar-refractivity contribution is 0.0680. The van der Waals surface area contributed by atoms with Gasteiger partial charge in [0, 0.05) is 3.57 Å². The van der Waals surface area contributed by atoms with Gasteiger partial charge in [-0.3, -0.25) is 0 Å². The Morgan fingerprint density at radius 2 is 2.27 bits per heavy atom. The number of carboxylic acid groups (broad SMARTS) is 1. The number of rotatable bonds is 3. The van der Waals surface area contributed by atoms with Crippen molar-refractivity contribution in [3.05, 3.63) is 26.6 Å². The van der Waals surface area contributed by atoms with E-state index in [0.29, 0.717) is 0 Å². The molecule has 0 aromatic carbocycles. The van der Waals surface area contributed by atoms with E-state index in [9.17, 15) is 13.6 Å². The molecule has 1 heterocycles. The van der Waals surface area contributed by atoms with E-state index in [2.05, 4.69) is 4.98 Å². The Hall–Kier alpha value is -0.500.